The highest BCUT2D eigenvalue weighted by atomic mass is 16.5. The number of hydrogen-bond donors (Lipinski definition) is 1. The summed E-state index contributed by atoms with van der Waals surface area (Å²) in [5, 5.41) is 3.86. The van der Waals surface area contributed by atoms with Gasteiger partial charge in [-0.3, -0.25) is 0 Å². The van der Waals surface area contributed by atoms with Gasteiger partial charge in [0.1, 0.15) is 0 Å². The lowest BCUT2D eigenvalue weighted by molar-refractivity contribution is -0.115. The van der Waals surface area contributed by atoms with Crippen molar-refractivity contribution in [2.75, 3.05) is 6.61 Å². The molecule has 1 heterocycles. The average molecular weight is 239 g/mol. The van der Waals surface area contributed by atoms with Gasteiger partial charge in [-0.25, -0.2) is 0 Å². The molecule has 2 nitrogen and oxygen atoms in total. The monoisotopic (exact) mass is 239 g/mol. The van der Waals surface area contributed by atoms with Gasteiger partial charge < -0.3 is 10.1 Å². The van der Waals surface area contributed by atoms with Crippen LogP contribution in [0.25, 0.3) is 0 Å². The van der Waals surface area contributed by atoms with E-state index in [9.17, 15) is 0 Å². The van der Waals surface area contributed by atoms with Gasteiger partial charge in [0.2, 0.25) is 0 Å². The predicted molar refractivity (Wildman–Crippen MR) is 72.1 cm³/mol. The maximum atomic E-state index is 5.84. The maximum absolute atomic E-state index is 5.84. The summed E-state index contributed by atoms with van der Waals surface area (Å²) in [4.78, 5) is 0. The van der Waals surface area contributed by atoms with Gasteiger partial charge in [-0.05, 0) is 25.7 Å². The molecule has 0 aromatic rings. The van der Waals surface area contributed by atoms with Crippen molar-refractivity contribution in [3.8, 4) is 0 Å². The first kappa shape index (κ1) is 13.4. The van der Waals surface area contributed by atoms with Crippen LogP contribution >= 0.6 is 0 Å². The molecule has 2 aliphatic rings. The zero-order chi connectivity index (χ0) is 12.6. The first-order valence-electron chi connectivity index (χ1n) is 7.34. The highest BCUT2D eigenvalue weighted by molar-refractivity contribution is 5.11. The molecule has 0 amide bonds. The van der Waals surface area contributed by atoms with Gasteiger partial charge in [0.15, 0.2) is 0 Å². The Kier molecular flexibility index (Phi) is 3.84. The lowest BCUT2D eigenvalue weighted by Crippen LogP contribution is -2.67. The van der Waals surface area contributed by atoms with Crippen molar-refractivity contribution in [2.24, 2.45) is 17.3 Å². The van der Waals surface area contributed by atoms with Gasteiger partial charge in [0.25, 0.3) is 0 Å². The van der Waals surface area contributed by atoms with E-state index in [1.807, 2.05) is 0 Å². The number of rotatable bonds is 5. The van der Waals surface area contributed by atoms with Crippen LogP contribution in [0.4, 0.5) is 0 Å². The molecule has 0 spiro atoms. The summed E-state index contributed by atoms with van der Waals surface area (Å²) in [5.41, 5.74) is 0.324. The molecule has 5 atom stereocenters. The Balaban J connectivity index is 1.86. The lowest BCUT2D eigenvalue weighted by atomic mass is 9.57. The van der Waals surface area contributed by atoms with Crippen LogP contribution in [0.2, 0.25) is 0 Å². The number of nitrogens with one attached hydrogen (secondary N) is 1. The van der Waals surface area contributed by atoms with Crippen LogP contribution in [0.15, 0.2) is 0 Å². The van der Waals surface area contributed by atoms with E-state index in [1.165, 1.54) is 19.3 Å². The van der Waals surface area contributed by atoms with E-state index in [2.05, 4.69) is 39.9 Å². The summed E-state index contributed by atoms with van der Waals surface area (Å²) >= 11 is 0. The molecule has 1 saturated heterocycles. The first-order valence-corrected chi connectivity index (χ1v) is 7.34. The quantitative estimate of drug-likeness (QED) is 0.795. The Morgan fingerprint density at radius 3 is 2.71 bits per heavy atom. The summed E-state index contributed by atoms with van der Waals surface area (Å²) in [7, 11) is 0. The van der Waals surface area contributed by atoms with Crippen molar-refractivity contribution >= 4 is 0 Å². The molecule has 1 saturated carbocycles. The summed E-state index contributed by atoms with van der Waals surface area (Å²) in [6, 6.07) is 1.30. The van der Waals surface area contributed by atoms with Crippen LogP contribution in [0, 0.1) is 17.3 Å². The van der Waals surface area contributed by atoms with Crippen molar-refractivity contribution in [1.29, 1.82) is 0 Å². The van der Waals surface area contributed by atoms with Crippen LogP contribution in [0.3, 0.4) is 0 Å². The number of fused-ring (bicyclic) bond motifs is 1. The van der Waals surface area contributed by atoms with E-state index >= 15 is 0 Å². The van der Waals surface area contributed by atoms with Gasteiger partial charge >= 0.3 is 0 Å². The van der Waals surface area contributed by atoms with E-state index in [0.717, 1.165) is 18.4 Å². The standard InChI is InChI=1S/C15H29NO/c1-6-10(2)9-11(3)16-13-12-7-8-17-14(12)15(13,4)5/h10-14,16H,6-9H2,1-5H3. The molecule has 0 aromatic carbocycles. The zero-order valence-corrected chi connectivity index (χ0v) is 12.1. The summed E-state index contributed by atoms with van der Waals surface area (Å²) in [6.07, 6.45) is 4.34. The molecule has 1 N–H and O–H groups in total. The van der Waals surface area contributed by atoms with Crippen molar-refractivity contribution in [3.63, 3.8) is 0 Å². The summed E-state index contributed by atoms with van der Waals surface area (Å²) < 4.78 is 5.84. The Labute approximate surface area is 107 Å². The van der Waals surface area contributed by atoms with Gasteiger partial charge in [-0.2, -0.15) is 0 Å². The molecule has 5 unspecified atom stereocenters. The van der Waals surface area contributed by atoms with Gasteiger partial charge in [0, 0.05) is 30.0 Å². The molecule has 1 aliphatic carbocycles. The lowest BCUT2D eigenvalue weighted by Gasteiger charge is -2.55. The van der Waals surface area contributed by atoms with Gasteiger partial charge in [-0.15, -0.1) is 0 Å². The molecule has 0 aromatic heterocycles. The van der Waals surface area contributed by atoms with E-state index in [0.29, 0.717) is 23.6 Å². The topological polar surface area (TPSA) is 21.3 Å². The van der Waals surface area contributed by atoms with Gasteiger partial charge in [-0.1, -0.05) is 34.1 Å². The van der Waals surface area contributed by atoms with Gasteiger partial charge in [0.05, 0.1) is 6.10 Å². The summed E-state index contributed by atoms with van der Waals surface area (Å²) in [6.45, 7) is 12.7. The molecule has 1 aliphatic heterocycles. The van der Waals surface area contributed by atoms with E-state index in [4.69, 9.17) is 4.74 Å². The molecule has 2 heteroatoms. The molecule has 100 valence electrons. The highest BCUT2D eigenvalue weighted by Gasteiger charge is 2.59. The predicted octanol–water partition coefficient (Wildman–Crippen LogP) is 3.21. The van der Waals surface area contributed by atoms with Crippen LogP contribution in [0.1, 0.15) is 53.9 Å². The minimum Gasteiger partial charge on any atom is -0.377 e. The summed E-state index contributed by atoms with van der Waals surface area (Å²) in [5.74, 6) is 1.60. The molecule has 2 fully saturated rings. The third kappa shape index (κ3) is 2.39. The van der Waals surface area contributed by atoms with Crippen molar-refractivity contribution in [3.05, 3.63) is 0 Å². The fourth-order valence-corrected chi connectivity index (χ4v) is 3.81. The molecule has 0 radical (unpaired) electrons. The molecule has 0 bridgehead atoms. The highest BCUT2D eigenvalue weighted by Crippen LogP contribution is 2.52. The second-order valence-electron chi connectivity index (χ2n) is 6.86. The van der Waals surface area contributed by atoms with Crippen molar-refractivity contribution in [2.45, 2.75) is 72.1 Å². The molecular formula is C15H29NO. The smallest absolute Gasteiger partial charge is 0.0685 e. The maximum Gasteiger partial charge on any atom is 0.0685 e. The van der Waals surface area contributed by atoms with Crippen LogP contribution < -0.4 is 5.32 Å². The Morgan fingerprint density at radius 2 is 2.06 bits per heavy atom. The van der Waals surface area contributed by atoms with Crippen molar-refractivity contribution in [1.82, 2.24) is 5.32 Å². The average Bonchev–Trinajstić information content (AvgIpc) is 2.72. The van der Waals surface area contributed by atoms with E-state index in [-0.39, 0.29) is 0 Å². The molecular weight excluding hydrogens is 210 g/mol. The number of hydrogen-bond acceptors (Lipinski definition) is 2. The zero-order valence-electron chi connectivity index (χ0n) is 12.1. The molecule has 2 rings (SSSR count). The van der Waals surface area contributed by atoms with Crippen LogP contribution in [-0.4, -0.2) is 24.8 Å². The third-order valence-electron chi connectivity index (χ3n) is 5.02. The largest absolute Gasteiger partial charge is 0.377 e. The first-order chi connectivity index (χ1) is 7.96. The Hall–Kier alpha value is -0.0800. The SMILES string of the molecule is CCC(C)CC(C)NC1C2CCOC2C1(C)C. The van der Waals surface area contributed by atoms with Crippen LogP contribution in [0.5, 0.6) is 0 Å². The Bertz CT molecular complexity index is 264. The second kappa shape index (κ2) is 4.89. The van der Waals surface area contributed by atoms with E-state index in [1.54, 1.807) is 0 Å². The van der Waals surface area contributed by atoms with Crippen LogP contribution in [-0.2, 0) is 4.74 Å². The third-order valence-corrected chi connectivity index (χ3v) is 5.02. The fourth-order valence-electron chi connectivity index (χ4n) is 3.81. The minimum atomic E-state index is 0.324. The van der Waals surface area contributed by atoms with Crippen molar-refractivity contribution < 1.29 is 4.74 Å². The second-order valence-corrected chi connectivity index (χ2v) is 6.86. The minimum absolute atomic E-state index is 0.324. The van der Waals surface area contributed by atoms with E-state index < -0.39 is 0 Å². The molecule has 17 heavy (non-hydrogen) atoms. The number of ether oxygens (including phenoxy) is 1. The normalized spacial score (nSPS) is 38.3. The Morgan fingerprint density at radius 1 is 1.35 bits per heavy atom. The fraction of sp³-hybridized carbons (Fsp3) is 1.00.